The van der Waals surface area contributed by atoms with Gasteiger partial charge in [-0.15, -0.1) is 0 Å². The number of nitrogens with zero attached hydrogens (tertiary/aromatic N) is 2. The van der Waals surface area contributed by atoms with Crippen molar-refractivity contribution in [3.63, 3.8) is 0 Å². The normalized spacial score (nSPS) is 10.5. The van der Waals surface area contributed by atoms with Gasteiger partial charge in [0, 0.05) is 18.3 Å². The molecule has 0 aliphatic rings. The molecule has 0 unspecified atom stereocenters. The summed E-state index contributed by atoms with van der Waals surface area (Å²) < 4.78 is 19.1. The van der Waals surface area contributed by atoms with Crippen LogP contribution in [0.25, 0.3) is 11.0 Å². The lowest BCUT2D eigenvalue weighted by Gasteiger charge is -2.10. The number of thiocarbonyl (C=S) groups is 1. The molecule has 2 aromatic heterocycles. The van der Waals surface area contributed by atoms with Gasteiger partial charge in [-0.3, -0.25) is 4.98 Å². The molecule has 0 amide bonds. The van der Waals surface area contributed by atoms with E-state index in [1.54, 1.807) is 30.5 Å². The third-order valence-electron chi connectivity index (χ3n) is 3.39. The minimum Gasteiger partial charge on any atom is -0.494 e. The van der Waals surface area contributed by atoms with Gasteiger partial charge in [0.25, 0.3) is 0 Å². The van der Waals surface area contributed by atoms with Crippen molar-refractivity contribution in [2.75, 3.05) is 7.11 Å². The van der Waals surface area contributed by atoms with Crippen LogP contribution < -0.4 is 10.1 Å². The van der Waals surface area contributed by atoms with Crippen molar-refractivity contribution in [3.05, 3.63) is 65.7 Å². The summed E-state index contributed by atoms with van der Waals surface area (Å²) in [6, 6.07) is 12.4. The number of hydrogen-bond donors (Lipinski definition) is 1. The van der Waals surface area contributed by atoms with E-state index in [9.17, 15) is 4.39 Å². The number of aromatic nitrogens is 2. The van der Waals surface area contributed by atoms with Crippen LogP contribution in [-0.2, 0) is 6.54 Å². The van der Waals surface area contributed by atoms with Gasteiger partial charge in [-0.05, 0) is 30.3 Å². The molecule has 0 atom stereocenters. The van der Waals surface area contributed by atoms with Crippen molar-refractivity contribution >= 4 is 28.2 Å². The Hall–Kier alpha value is -2.60. The monoisotopic (exact) mass is 327 g/mol. The zero-order valence-electron chi connectivity index (χ0n) is 12.4. The Morgan fingerprint density at radius 3 is 2.87 bits per heavy atom. The predicted octanol–water partition coefficient (Wildman–Crippen LogP) is 3.24. The average Bonchev–Trinajstić information content (AvgIpc) is 2.60. The Morgan fingerprint density at radius 1 is 1.17 bits per heavy atom. The maximum absolute atomic E-state index is 14.1. The lowest BCUT2D eigenvalue weighted by Crippen LogP contribution is -2.23. The lowest BCUT2D eigenvalue weighted by molar-refractivity contribution is 0.384. The number of nitrogens with one attached hydrogen (secondary N) is 1. The highest BCUT2D eigenvalue weighted by atomic mass is 32.1. The predicted molar refractivity (Wildman–Crippen MR) is 91.0 cm³/mol. The van der Waals surface area contributed by atoms with Gasteiger partial charge in [-0.1, -0.05) is 24.4 Å². The van der Waals surface area contributed by atoms with E-state index in [2.05, 4.69) is 15.3 Å². The van der Waals surface area contributed by atoms with Gasteiger partial charge in [0.15, 0.2) is 11.6 Å². The molecule has 1 aromatic carbocycles. The summed E-state index contributed by atoms with van der Waals surface area (Å²) in [5, 5.41) is 3.03. The molecule has 4 nitrogen and oxygen atoms in total. The molecule has 0 spiro atoms. The van der Waals surface area contributed by atoms with Crippen molar-refractivity contribution in [3.8, 4) is 5.75 Å². The molecule has 1 N–H and O–H groups in total. The molecule has 3 rings (SSSR count). The number of ether oxygens (including phenoxy) is 1. The summed E-state index contributed by atoms with van der Waals surface area (Å²) in [4.78, 5) is 9.13. The van der Waals surface area contributed by atoms with E-state index in [-0.39, 0.29) is 18.1 Å². The molecule has 0 saturated carbocycles. The van der Waals surface area contributed by atoms with Gasteiger partial charge in [-0.2, -0.15) is 0 Å². The quantitative estimate of drug-likeness (QED) is 0.746. The van der Waals surface area contributed by atoms with Crippen LogP contribution in [0.5, 0.6) is 5.75 Å². The Morgan fingerprint density at radius 2 is 2.04 bits per heavy atom. The summed E-state index contributed by atoms with van der Waals surface area (Å²) >= 11 is 5.34. The van der Waals surface area contributed by atoms with Gasteiger partial charge in [0.2, 0.25) is 0 Å². The van der Waals surface area contributed by atoms with Crippen LogP contribution >= 0.6 is 12.2 Å². The van der Waals surface area contributed by atoms with Crippen molar-refractivity contribution in [1.82, 2.24) is 15.3 Å². The zero-order chi connectivity index (χ0) is 16.2. The molecule has 0 aliphatic carbocycles. The molecule has 6 heteroatoms. The van der Waals surface area contributed by atoms with Crippen LogP contribution in [0.2, 0.25) is 0 Å². The molecular weight excluding hydrogens is 313 g/mol. The summed E-state index contributed by atoms with van der Waals surface area (Å²) in [5.41, 5.74) is 2.68. The minimum absolute atomic E-state index is 0.213. The second-order valence-corrected chi connectivity index (χ2v) is 5.26. The van der Waals surface area contributed by atoms with E-state index in [4.69, 9.17) is 17.0 Å². The Kier molecular flexibility index (Phi) is 4.43. The van der Waals surface area contributed by atoms with Gasteiger partial charge < -0.3 is 10.1 Å². The van der Waals surface area contributed by atoms with Crippen LogP contribution in [-0.4, -0.2) is 22.1 Å². The fourth-order valence-corrected chi connectivity index (χ4v) is 2.39. The zero-order valence-corrected chi connectivity index (χ0v) is 13.2. The third-order valence-corrected chi connectivity index (χ3v) is 3.74. The van der Waals surface area contributed by atoms with Crippen LogP contribution in [0.3, 0.4) is 0 Å². The first-order valence-corrected chi connectivity index (χ1v) is 7.41. The highest BCUT2D eigenvalue weighted by Gasteiger charge is 2.10. The molecule has 0 aliphatic heterocycles. The first-order valence-electron chi connectivity index (χ1n) is 7.00. The van der Waals surface area contributed by atoms with Gasteiger partial charge in [0.1, 0.15) is 4.99 Å². The van der Waals surface area contributed by atoms with Crippen LogP contribution in [0, 0.1) is 5.82 Å². The highest BCUT2D eigenvalue weighted by Crippen LogP contribution is 2.19. The van der Waals surface area contributed by atoms with E-state index in [0.29, 0.717) is 16.2 Å². The molecule has 23 heavy (non-hydrogen) atoms. The van der Waals surface area contributed by atoms with Gasteiger partial charge >= 0.3 is 0 Å². The van der Waals surface area contributed by atoms with E-state index < -0.39 is 0 Å². The number of fused-ring (bicyclic) bond motifs is 1. The molecular formula is C17H14FN3OS. The average molecular weight is 327 g/mol. The standard InChI is InChI=1S/C17H14FN3OS/c1-22-15-6-2-4-11(16(15)18)10-20-17(23)14-8-7-12-13(21-14)5-3-9-19-12/h2-9H,10H2,1H3,(H,20,23). The Labute approximate surface area is 138 Å². The van der Waals surface area contributed by atoms with Crippen LogP contribution in [0.15, 0.2) is 48.7 Å². The molecule has 2 heterocycles. The van der Waals surface area contributed by atoms with Gasteiger partial charge in [-0.25, -0.2) is 9.37 Å². The van der Waals surface area contributed by atoms with Gasteiger partial charge in [0.05, 0.1) is 23.8 Å². The number of pyridine rings is 2. The second kappa shape index (κ2) is 6.66. The summed E-state index contributed by atoms with van der Waals surface area (Å²) in [7, 11) is 1.44. The second-order valence-electron chi connectivity index (χ2n) is 4.85. The van der Waals surface area contributed by atoms with E-state index in [0.717, 1.165) is 11.0 Å². The highest BCUT2D eigenvalue weighted by molar-refractivity contribution is 7.80. The third kappa shape index (κ3) is 3.27. The van der Waals surface area contributed by atoms with Crippen LogP contribution in [0.1, 0.15) is 11.3 Å². The number of methoxy groups -OCH3 is 1. The first kappa shape index (κ1) is 15.3. The smallest absolute Gasteiger partial charge is 0.170 e. The van der Waals surface area contributed by atoms with Crippen molar-refractivity contribution in [1.29, 1.82) is 0 Å². The van der Waals surface area contributed by atoms with E-state index >= 15 is 0 Å². The fourth-order valence-electron chi connectivity index (χ4n) is 2.20. The van der Waals surface area contributed by atoms with E-state index in [1.165, 1.54) is 7.11 Å². The topological polar surface area (TPSA) is 47.0 Å². The fraction of sp³-hybridized carbons (Fsp3) is 0.118. The molecule has 0 saturated heterocycles. The number of benzene rings is 1. The number of halogens is 1. The Bertz CT molecular complexity index is 869. The maximum Gasteiger partial charge on any atom is 0.170 e. The van der Waals surface area contributed by atoms with Crippen LogP contribution in [0.4, 0.5) is 4.39 Å². The largest absolute Gasteiger partial charge is 0.494 e. The molecule has 0 radical (unpaired) electrons. The maximum atomic E-state index is 14.1. The lowest BCUT2D eigenvalue weighted by atomic mass is 10.2. The summed E-state index contributed by atoms with van der Waals surface area (Å²) in [6.45, 7) is 0.259. The Balaban J connectivity index is 1.76. The molecule has 116 valence electrons. The minimum atomic E-state index is -0.388. The van der Waals surface area contributed by atoms with Crippen molar-refractivity contribution < 1.29 is 9.13 Å². The van der Waals surface area contributed by atoms with Crippen molar-refractivity contribution in [2.45, 2.75) is 6.54 Å². The summed E-state index contributed by atoms with van der Waals surface area (Å²) in [5.74, 6) is -0.175. The molecule has 0 bridgehead atoms. The van der Waals surface area contributed by atoms with E-state index in [1.807, 2.05) is 18.2 Å². The molecule has 0 fully saturated rings. The number of rotatable bonds is 4. The molecule has 3 aromatic rings. The summed E-state index contributed by atoms with van der Waals surface area (Å²) in [6.07, 6.45) is 1.71. The van der Waals surface area contributed by atoms with Crippen molar-refractivity contribution in [2.24, 2.45) is 0 Å². The SMILES string of the molecule is COc1cccc(CNC(=S)c2ccc3ncccc3n2)c1F. The first-order chi connectivity index (χ1) is 11.2. The number of hydrogen-bond acceptors (Lipinski definition) is 4.